The molecule has 0 saturated heterocycles. The molecule has 0 heterocycles. The van der Waals surface area contributed by atoms with E-state index in [1.165, 1.54) is 33.3 Å². The third-order valence-corrected chi connectivity index (χ3v) is 6.28. The van der Waals surface area contributed by atoms with Crippen LogP contribution >= 0.6 is 11.6 Å². The maximum Gasteiger partial charge on any atom is 0.244 e. The Morgan fingerprint density at radius 2 is 1.61 bits per heavy atom. The molecule has 0 bridgehead atoms. The molecule has 0 unspecified atom stereocenters. The van der Waals surface area contributed by atoms with Crippen molar-refractivity contribution in [2.45, 2.75) is 25.9 Å². The molecule has 2 aromatic rings. The molecule has 1 N–H and O–H groups in total. The van der Waals surface area contributed by atoms with Gasteiger partial charge in [0.25, 0.3) is 0 Å². The highest BCUT2D eigenvalue weighted by Gasteiger charge is 2.30. The van der Waals surface area contributed by atoms with E-state index in [-0.39, 0.29) is 10.7 Å². The van der Waals surface area contributed by atoms with Crippen LogP contribution in [-0.2, 0) is 14.8 Å². The quantitative estimate of drug-likeness (QED) is 0.603. The number of carbonyl (C=O) groups excluding carboxylic acids is 1. The van der Waals surface area contributed by atoms with Gasteiger partial charge in [-0.25, -0.2) is 8.42 Å². The van der Waals surface area contributed by atoms with Crippen molar-refractivity contribution in [1.29, 1.82) is 0 Å². The average molecular weight is 471 g/mol. The molecule has 0 aliphatic carbocycles. The highest BCUT2D eigenvalue weighted by atomic mass is 35.5. The summed E-state index contributed by atoms with van der Waals surface area (Å²) in [7, 11) is 0.735. The molecule has 31 heavy (non-hydrogen) atoms. The van der Waals surface area contributed by atoms with Crippen LogP contribution in [0.25, 0.3) is 0 Å². The predicted molar refractivity (Wildman–Crippen MR) is 121 cm³/mol. The second kappa shape index (κ2) is 10.1. The van der Waals surface area contributed by atoms with Gasteiger partial charge in [0, 0.05) is 5.56 Å². The van der Waals surface area contributed by atoms with E-state index in [1.54, 1.807) is 38.3 Å². The first-order valence-corrected chi connectivity index (χ1v) is 11.6. The smallest absolute Gasteiger partial charge is 0.244 e. The average Bonchev–Trinajstić information content (AvgIpc) is 2.72. The van der Waals surface area contributed by atoms with Crippen molar-refractivity contribution < 1.29 is 27.4 Å². The number of hydrogen-bond donors (Lipinski definition) is 1. The van der Waals surface area contributed by atoms with Gasteiger partial charge in [0.05, 0.1) is 44.3 Å². The molecule has 2 atom stereocenters. The minimum absolute atomic E-state index is 0.232. The second-order valence-electron chi connectivity index (χ2n) is 6.89. The summed E-state index contributed by atoms with van der Waals surface area (Å²) >= 11 is 6.16. The predicted octanol–water partition coefficient (Wildman–Crippen LogP) is 3.40. The zero-order valence-electron chi connectivity index (χ0n) is 18.3. The van der Waals surface area contributed by atoms with Gasteiger partial charge < -0.3 is 19.5 Å². The molecule has 8 nitrogen and oxygen atoms in total. The third-order valence-electron chi connectivity index (χ3n) is 4.74. The summed E-state index contributed by atoms with van der Waals surface area (Å²) in [6.07, 6.45) is 1.03. The number of ether oxygens (including phenoxy) is 3. The number of amides is 1. The van der Waals surface area contributed by atoms with Gasteiger partial charge in [0.1, 0.15) is 23.3 Å². The van der Waals surface area contributed by atoms with Gasteiger partial charge in [0.2, 0.25) is 15.9 Å². The summed E-state index contributed by atoms with van der Waals surface area (Å²) in [4.78, 5) is 13.0. The number of methoxy groups -OCH3 is 3. The van der Waals surface area contributed by atoms with E-state index in [2.05, 4.69) is 5.32 Å². The summed E-state index contributed by atoms with van der Waals surface area (Å²) in [5.74, 6) is 1.09. The van der Waals surface area contributed by atoms with Crippen LogP contribution in [0, 0.1) is 0 Å². The number of anilines is 1. The zero-order chi connectivity index (χ0) is 23.3. The van der Waals surface area contributed by atoms with Gasteiger partial charge in [-0.05, 0) is 50.2 Å². The Bertz CT molecular complexity index is 1040. The Balaban J connectivity index is 2.33. The van der Waals surface area contributed by atoms with E-state index >= 15 is 0 Å². The van der Waals surface area contributed by atoms with Crippen molar-refractivity contribution in [2.24, 2.45) is 0 Å². The fourth-order valence-corrected chi connectivity index (χ4v) is 4.61. The van der Waals surface area contributed by atoms with Gasteiger partial charge in [0.15, 0.2) is 0 Å². The van der Waals surface area contributed by atoms with E-state index < -0.39 is 28.0 Å². The highest BCUT2D eigenvalue weighted by Crippen LogP contribution is 2.32. The molecule has 0 aromatic heterocycles. The van der Waals surface area contributed by atoms with Crippen molar-refractivity contribution in [2.75, 3.05) is 31.9 Å². The van der Waals surface area contributed by atoms with E-state index in [9.17, 15) is 13.2 Å². The molecule has 0 saturated carbocycles. The third kappa shape index (κ3) is 5.74. The minimum atomic E-state index is -3.79. The van der Waals surface area contributed by atoms with Crippen LogP contribution in [-0.4, -0.2) is 48.0 Å². The van der Waals surface area contributed by atoms with E-state index in [0.717, 1.165) is 10.6 Å². The fraction of sp³-hybridized carbons (Fsp3) is 0.381. The first kappa shape index (κ1) is 24.6. The van der Waals surface area contributed by atoms with Crippen LogP contribution in [0.3, 0.4) is 0 Å². The minimum Gasteiger partial charge on any atom is -0.497 e. The molecule has 0 radical (unpaired) electrons. The van der Waals surface area contributed by atoms with Crippen molar-refractivity contribution in [3.05, 3.63) is 47.0 Å². The largest absolute Gasteiger partial charge is 0.497 e. The van der Waals surface area contributed by atoms with E-state index in [1.807, 2.05) is 0 Å². The molecule has 10 heteroatoms. The lowest BCUT2D eigenvalue weighted by molar-refractivity contribution is -0.122. The van der Waals surface area contributed by atoms with Crippen LogP contribution in [0.2, 0.25) is 5.02 Å². The topological polar surface area (TPSA) is 94.2 Å². The van der Waals surface area contributed by atoms with Crippen molar-refractivity contribution in [3.63, 3.8) is 0 Å². The number of nitrogens with zero attached hydrogens (tertiary/aromatic N) is 1. The molecule has 2 aromatic carbocycles. The Kier molecular flexibility index (Phi) is 8.02. The number of carbonyl (C=O) groups is 1. The van der Waals surface area contributed by atoms with Crippen LogP contribution < -0.4 is 23.8 Å². The van der Waals surface area contributed by atoms with Crippen LogP contribution in [0.15, 0.2) is 36.4 Å². The number of hydrogen-bond acceptors (Lipinski definition) is 6. The molecular formula is C21H27ClN2O6S. The molecule has 0 aliphatic rings. The number of rotatable bonds is 9. The zero-order valence-corrected chi connectivity index (χ0v) is 19.9. The summed E-state index contributed by atoms with van der Waals surface area (Å²) in [5, 5.41) is 3.08. The monoisotopic (exact) mass is 470 g/mol. The summed E-state index contributed by atoms with van der Waals surface area (Å²) in [6, 6.07) is 8.25. The Morgan fingerprint density at radius 3 is 2.13 bits per heavy atom. The number of halogens is 1. The van der Waals surface area contributed by atoms with Crippen LogP contribution in [0.1, 0.15) is 25.5 Å². The summed E-state index contributed by atoms with van der Waals surface area (Å²) < 4.78 is 41.8. The van der Waals surface area contributed by atoms with E-state index in [4.69, 9.17) is 25.8 Å². The Hall–Kier alpha value is -2.65. The van der Waals surface area contributed by atoms with Crippen molar-refractivity contribution in [1.82, 2.24) is 5.32 Å². The molecule has 0 aliphatic heterocycles. The van der Waals surface area contributed by atoms with Gasteiger partial charge >= 0.3 is 0 Å². The molecule has 170 valence electrons. The lowest BCUT2D eigenvalue weighted by Gasteiger charge is -2.29. The van der Waals surface area contributed by atoms with Gasteiger partial charge in [-0.1, -0.05) is 11.6 Å². The van der Waals surface area contributed by atoms with Crippen LogP contribution in [0.4, 0.5) is 5.69 Å². The normalized spacial score (nSPS) is 13.1. The lowest BCUT2D eigenvalue weighted by Crippen LogP contribution is -2.48. The maximum absolute atomic E-state index is 13.0. The van der Waals surface area contributed by atoms with Gasteiger partial charge in [-0.15, -0.1) is 0 Å². The van der Waals surface area contributed by atoms with Gasteiger partial charge in [-0.2, -0.15) is 0 Å². The SMILES string of the molecule is COc1ccc(OC)c([C@H](C)NC(=O)[C@H](C)N(c2ccc(OC)c(Cl)c2)S(C)(=O)=O)c1. The number of benzene rings is 2. The van der Waals surface area contributed by atoms with Gasteiger partial charge in [-0.3, -0.25) is 9.10 Å². The Morgan fingerprint density at radius 1 is 1.00 bits per heavy atom. The lowest BCUT2D eigenvalue weighted by atomic mass is 10.1. The standard InChI is InChI=1S/C21H27ClN2O6S/c1-13(17-12-16(28-3)8-10-19(17)29-4)23-21(25)14(2)24(31(6,26)27)15-7-9-20(30-5)18(22)11-15/h7-14H,1-6H3,(H,23,25)/t13-,14-/m0/s1. The number of nitrogens with one attached hydrogen (secondary N) is 1. The number of sulfonamides is 1. The molecule has 0 spiro atoms. The Labute approximate surface area is 188 Å². The highest BCUT2D eigenvalue weighted by molar-refractivity contribution is 7.92. The molecule has 2 rings (SSSR count). The van der Waals surface area contributed by atoms with Crippen molar-refractivity contribution in [3.8, 4) is 17.2 Å². The fourth-order valence-electron chi connectivity index (χ4n) is 3.19. The summed E-state index contributed by atoms with van der Waals surface area (Å²) in [6.45, 7) is 3.28. The maximum atomic E-state index is 13.0. The van der Waals surface area contributed by atoms with Crippen LogP contribution in [0.5, 0.6) is 17.2 Å². The first-order valence-electron chi connectivity index (χ1n) is 9.38. The van der Waals surface area contributed by atoms with Crippen molar-refractivity contribution >= 4 is 33.2 Å². The summed E-state index contributed by atoms with van der Waals surface area (Å²) in [5.41, 5.74) is 0.948. The first-order chi connectivity index (χ1) is 14.5. The molecule has 1 amide bonds. The van der Waals surface area contributed by atoms with E-state index in [0.29, 0.717) is 22.8 Å². The molecular weight excluding hydrogens is 444 g/mol. The second-order valence-corrected chi connectivity index (χ2v) is 9.16. The molecule has 0 fully saturated rings.